The number of carbonyl (C=O) groups excluding carboxylic acids is 2. The van der Waals surface area contributed by atoms with Gasteiger partial charge in [-0.25, -0.2) is 9.69 Å². The van der Waals surface area contributed by atoms with Crippen molar-refractivity contribution in [3.05, 3.63) is 48.6 Å². The predicted molar refractivity (Wildman–Crippen MR) is 82.7 cm³/mol. The van der Waals surface area contributed by atoms with Crippen LogP contribution in [0.2, 0.25) is 0 Å². The number of nitrogens with zero attached hydrogens (tertiary/aromatic N) is 1. The van der Waals surface area contributed by atoms with E-state index < -0.39 is 29.9 Å². The predicted octanol–water partition coefficient (Wildman–Crippen LogP) is 2.24. The Kier molecular flexibility index (Phi) is 5.51. The molecule has 122 valence electrons. The zero-order chi connectivity index (χ0) is 16.8. The van der Waals surface area contributed by atoms with Gasteiger partial charge in [0, 0.05) is 0 Å². The summed E-state index contributed by atoms with van der Waals surface area (Å²) in [6, 6.07) is 9.04. The molecule has 23 heavy (non-hydrogen) atoms. The third-order valence-electron chi connectivity index (χ3n) is 3.73. The van der Waals surface area contributed by atoms with Crippen molar-refractivity contribution in [3.63, 3.8) is 0 Å². The second-order valence-electron chi connectivity index (χ2n) is 5.45. The van der Waals surface area contributed by atoms with Gasteiger partial charge in [0.2, 0.25) is 5.91 Å². The smallest absolute Gasteiger partial charge is 0.416 e. The molecule has 1 aliphatic heterocycles. The molecule has 6 nitrogen and oxygen atoms in total. The summed E-state index contributed by atoms with van der Waals surface area (Å²) in [5, 5.41) is 8.95. The van der Waals surface area contributed by atoms with Crippen molar-refractivity contribution >= 4 is 18.0 Å². The molecule has 0 unspecified atom stereocenters. The standard InChI is InChI=1S/C17H19NO5/c1-2-6-13(10-15(19)20)16(21)18-14(11-23-17(18)22)9-12-7-4-3-5-8-12/h2-5,7-8,13-14H,1,6,9-11H2,(H,19,20)/t13-,14+/m0/s1. The number of amides is 2. The fourth-order valence-electron chi connectivity index (χ4n) is 2.65. The number of carboxylic acid groups (broad SMARTS) is 1. The van der Waals surface area contributed by atoms with Crippen LogP contribution in [-0.4, -0.2) is 40.6 Å². The number of rotatable bonds is 7. The van der Waals surface area contributed by atoms with Crippen molar-refractivity contribution in [2.45, 2.75) is 25.3 Å². The van der Waals surface area contributed by atoms with Crippen LogP contribution >= 0.6 is 0 Å². The molecule has 1 aromatic carbocycles. The number of cyclic esters (lactones) is 1. The van der Waals surface area contributed by atoms with Crippen LogP contribution in [0.4, 0.5) is 4.79 Å². The second-order valence-corrected chi connectivity index (χ2v) is 5.45. The first-order valence-corrected chi connectivity index (χ1v) is 7.39. The van der Waals surface area contributed by atoms with Gasteiger partial charge in [0.15, 0.2) is 0 Å². The maximum atomic E-state index is 12.6. The van der Waals surface area contributed by atoms with Crippen LogP contribution in [-0.2, 0) is 20.7 Å². The molecule has 0 spiro atoms. The highest BCUT2D eigenvalue weighted by Gasteiger charge is 2.40. The van der Waals surface area contributed by atoms with Crippen molar-refractivity contribution in [1.82, 2.24) is 4.90 Å². The van der Waals surface area contributed by atoms with Gasteiger partial charge in [-0.2, -0.15) is 0 Å². The molecule has 1 aromatic rings. The third-order valence-corrected chi connectivity index (χ3v) is 3.73. The summed E-state index contributed by atoms with van der Waals surface area (Å²) in [6.07, 6.45) is 1.11. The monoisotopic (exact) mass is 317 g/mol. The van der Waals surface area contributed by atoms with Crippen molar-refractivity contribution in [3.8, 4) is 0 Å². The van der Waals surface area contributed by atoms with Gasteiger partial charge in [-0.3, -0.25) is 9.59 Å². The van der Waals surface area contributed by atoms with Gasteiger partial charge in [0.1, 0.15) is 6.61 Å². The lowest BCUT2D eigenvalue weighted by atomic mass is 9.98. The zero-order valence-corrected chi connectivity index (χ0v) is 12.7. The summed E-state index contributed by atoms with van der Waals surface area (Å²) in [5.41, 5.74) is 0.979. The minimum atomic E-state index is -1.09. The number of hydrogen-bond donors (Lipinski definition) is 1. The van der Waals surface area contributed by atoms with Crippen LogP contribution in [0.3, 0.4) is 0 Å². The van der Waals surface area contributed by atoms with E-state index in [0.29, 0.717) is 6.42 Å². The molecular formula is C17H19NO5. The topological polar surface area (TPSA) is 83.9 Å². The van der Waals surface area contributed by atoms with Gasteiger partial charge in [-0.05, 0) is 18.4 Å². The molecule has 6 heteroatoms. The fraction of sp³-hybridized carbons (Fsp3) is 0.353. The van der Waals surface area contributed by atoms with E-state index >= 15 is 0 Å². The van der Waals surface area contributed by atoms with E-state index in [1.165, 1.54) is 6.08 Å². The van der Waals surface area contributed by atoms with Gasteiger partial charge in [0.25, 0.3) is 0 Å². The van der Waals surface area contributed by atoms with Gasteiger partial charge < -0.3 is 9.84 Å². The van der Waals surface area contributed by atoms with E-state index in [9.17, 15) is 14.4 Å². The second kappa shape index (κ2) is 7.58. The first-order valence-electron chi connectivity index (χ1n) is 7.39. The first kappa shape index (κ1) is 16.7. The number of imide groups is 1. The van der Waals surface area contributed by atoms with Crippen molar-refractivity contribution in [2.24, 2.45) is 5.92 Å². The van der Waals surface area contributed by atoms with E-state index in [1.807, 2.05) is 30.3 Å². The molecule has 1 heterocycles. The summed E-state index contributed by atoms with van der Waals surface area (Å²) in [5.74, 6) is -2.41. The lowest BCUT2D eigenvalue weighted by Crippen LogP contribution is -2.44. The number of aliphatic carboxylic acids is 1. The lowest BCUT2D eigenvalue weighted by molar-refractivity contribution is -0.143. The van der Waals surface area contributed by atoms with Crippen LogP contribution in [0.1, 0.15) is 18.4 Å². The Morgan fingerprint density at radius 3 is 2.70 bits per heavy atom. The molecule has 2 amide bonds. The van der Waals surface area contributed by atoms with Crippen LogP contribution in [0.25, 0.3) is 0 Å². The first-order chi connectivity index (χ1) is 11.0. The van der Waals surface area contributed by atoms with E-state index in [1.54, 1.807) is 0 Å². The number of ether oxygens (including phenoxy) is 1. The van der Waals surface area contributed by atoms with Crippen molar-refractivity contribution in [2.75, 3.05) is 6.61 Å². The molecule has 1 aliphatic rings. The minimum absolute atomic E-state index is 0.118. The molecule has 1 saturated heterocycles. The Labute approximate surface area is 134 Å². The van der Waals surface area contributed by atoms with Crippen molar-refractivity contribution < 1.29 is 24.2 Å². The van der Waals surface area contributed by atoms with Gasteiger partial charge in [0.05, 0.1) is 18.4 Å². The zero-order valence-electron chi connectivity index (χ0n) is 12.7. The fourth-order valence-corrected chi connectivity index (χ4v) is 2.65. The van der Waals surface area contributed by atoms with E-state index in [0.717, 1.165) is 10.5 Å². The number of hydrogen-bond acceptors (Lipinski definition) is 4. The van der Waals surface area contributed by atoms with E-state index in [2.05, 4.69) is 6.58 Å². The molecular weight excluding hydrogens is 298 g/mol. The van der Waals surface area contributed by atoms with E-state index in [4.69, 9.17) is 9.84 Å². The number of allylic oxidation sites excluding steroid dienone is 1. The highest BCUT2D eigenvalue weighted by atomic mass is 16.6. The quantitative estimate of drug-likeness (QED) is 0.780. The molecule has 0 bridgehead atoms. The molecule has 0 aliphatic carbocycles. The molecule has 1 N–H and O–H groups in total. The van der Waals surface area contributed by atoms with Crippen LogP contribution in [0.5, 0.6) is 0 Å². The van der Waals surface area contributed by atoms with Gasteiger partial charge >= 0.3 is 12.1 Å². The largest absolute Gasteiger partial charge is 0.481 e. The number of benzene rings is 1. The Morgan fingerprint density at radius 1 is 1.39 bits per heavy atom. The molecule has 0 aromatic heterocycles. The average molecular weight is 317 g/mol. The summed E-state index contributed by atoms with van der Waals surface area (Å²) in [4.78, 5) is 36.5. The maximum Gasteiger partial charge on any atom is 0.416 e. The van der Waals surface area contributed by atoms with Crippen LogP contribution in [0.15, 0.2) is 43.0 Å². The van der Waals surface area contributed by atoms with Gasteiger partial charge in [-0.1, -0.05) is 36.4 Å². The Hall–Kier alpha value is -2.63. The molecule has 0 saturated carbocycles. The van der Waals surface area contributed by atoms with Crippen LogP contribution < -0.4 is 0 Å². The van der Waals surface area contributed by atoms with E-state index in [-0.39, 0.29) is 19.4 Å². The summed E-state index contributed by atoms with van der Waals surface area (Å²) in [6.45, 7) is 3.66. The SMILES string of the molecule is C=CC[C@@H](CC(=O)O)C(=O)N1C(=O)OC[C@H]1Cc1ccccc1. The maximum absolute atomic E-state index is 12.6. The molecule has 2 atom stereocenters. The third kappa shape index (κ3) is 4.18. The Bertz CT molecular complexity index is 598. The highest BCUT2D eigenvalue weighted by molar-refractivity contribution is 5.96. The van der Waals surface area contributed by atoms with Crippen LogP contribution in [0, 0.1) is 5.92 Å². The number of carbonyl (C=O) groups is 3. The summed E-state index contributed by atoms with van der Waals surface area (Å²) < 4.78 is 5.00. The lowest BCUT2D eigenvalue weighted by Gasteiger charge is -2.23. The minimum Gasteiger partial charge on any atom is -0.481 e. The van der Waals surface area contributed by atoms with Crippen molar-refractivity contribution in [1.29, 1.82) is 0 Å². The van der Waals surface area contributed by atoms with Gasteiger partial charge in [-0.15, -0.1) is 6.58 Å². The molecule has 0 radical (unpaired) electrons. The average Bonchev–Trinajstić information content (AvgIpc) is 2.87. The Morgan fingerprint density at radius 2 is 2.09 bits per heavy atom. The Balaban J connectivity index is 2.15. The highest BCUT2D eigenvalue weighted by Crippen LogP contribution is 2.23. The summed E-state index contributed by atoms with van der Waals surface area (Å²) in [7, 11) is 0. The molecule has 1 fully saturated rings. The summed E-state index contributed by atoms with van der Waals surface area (Å²) >= 11 is 0. The number of carboxylic acids is 1. The normalized spacial score (nSPS) is 18.3. The molecule has 2 rings (SSSR count).